The Morgan fingerprint density at radius 2 is 2.04 bits per heavy atom. The van der Waals surface area contributed by atoms with Gasteiger partial charge in [0, 0.05) is 18.5 Å². The molecule has 0 spiro atoms. The Bertz CT molecular complexity index is 788. The number of hydrogen-bond acceptors (Lipinski definition) is 4. The van der Waals surface area contributed by atoms with Crippen molar-refractivity contribution >= 4 is 6.09 Å². The molecule has 2 aromatic carbocycles. The maximum Gasteiger partial charge on any atom is 0.450 e. The van der Waals surface area contributed by atoms with Crippen LogP contribution in [0.1, 0.15) is 23.6 Å². The monoisotopic (exact) mass is 332 g/mol. The smallest absolute Gasteiger partial charge is 0.319 e. The summed E-state index contributed by atoms with van der Waals surface area (Å²) in [7, 11) is 0. The molecule has 124 valence electrons. The summed E-state index contributed by atoms with van der Waals surface area (Å²) in [5.74, 6) is -0.986. The van der Waals surface area contributed by atoms with Crippen LogP contribution >= 0.6 is 0 Å². The molecule has 0 heterocycles. The van der Waals surface area contributed by atoms with E-state index in [2.05, 4.69) is 10.2 Å². The summed E-state index contributed by atoms with van der Waals surface area (Å²) < 4.78 is 26.9. The van der Waals surface area contributed by atoms with Gasteiger partial charge in [-0.05, 0) is 42.8 Å². The summed E-state index contributed by atoms with van der Waals surface area (Å²) in [6.45, 7) is 2.08. The van der Waals surface area contributed by atoms with Gasteiger partial charge in [-0.1, -0.05) is 6.07 Å². The van der Waals surface area contributed by atoms with E-state index in [-0.39, 0.29) is 17.7 Å². The second kappa shape index (κ2) is 7.92. The fourth-order valence-corrected chi connectivity index (χ4v) is 2.01. The number of halogens is 2. The zero-order valence-corrected chi connectivity index (χ0v) is 12.8. The van der Waals surface area contributed by atoms with Crippen LogP contribution < -0.4 is 10.2 Å². The molecule has 0 bridgehead atoms. The van der Waals surface area contributed by atoms with Crippen molar-refractivity contribution in [3.8, 4) is 11.8 Å². The number of nitrogens with one attached hydrogen (secondary N) is 1. The van der Waals surface area contributed by atoms with Gasteiger partial charge in [0.2, 0.25) is 0 Å². The summed E-state index contributed by atoms with van der Waals surface area (Å²) in [6.07, 6.45) is -0.609. The van der Waals surface area contributed by atoms with Gasteiger partial charge in [-0.25, -0.2) is 18.5 Å². The maximum atomic E-state index is 13.5. The maximum absolute atomic E-state index is 13.5. The molecule has 0 radical (unpaired) electrons. The fraction of sp³-hybridized carbons (Fsp3) is 0.176. The molecule has 1 N–H and O–H groups in total. The minimum absolute atomic E-state index is 0.107. The third kappa shape index (κ3) is 4.43. The van der Waals surface area contributed by atoms with Gasteiger partial charge < -0.3 is 5.32 Å². The number of carbonyl (C=O) groups excluding carboxylic acids is 1. The first-order chi connectivity index (χ1) is 11.5. The minimum atomic E-state index is -0.777. The van der Waals surface area contributed by atoms with Crippen molar-refractivity contribution in [3.63, 3.8) is 0 Å². The van der Waals surface area contributed by atoms with Crippen molar-refractivity contribution in [1.82, 2.24) is 5.32 Å². The van der Waals surface area contributed by atoms with Gasteiger partial charge in [-0.15, -0.1) is 0 Å². The third-order valence-corrected chi connectivity index (χ3v) is 3.10. The van der Waals surface area contributed by atoms with E-state index >= 15 is 0 Å². The molecule has 0 unspecified atom stereocenters. The standard InChI is InChI=1S/C17H14F2N2O3/c1-2-21-17(22)24-23-16-6-4-14(18)9-12(16)7-11-3-5-15(19)13(8-11)10-20/h3-6,8-9H,2,7H2,1H3,(H,21,22). The predicted molar refractivity (Wildman–Crippen MR) is 81.1 cm³/mol. The quantitative estimate of drug-likeness (QED) is 0.672. The van der Waals surface area contributed by atoms with Crippen LogP contribution in [-0.2, 0) is 11.3 Å². The molecule has 7 heteroatoms. The number of carbonyl (C=O) groups is 1. The van der Waals surface area contributed by atoms with Gasteiger partial charge >= 0.3 is 6.09 Å². The first-order valence-corrected chi connectivity index (χ1v) is 7.12. The van der Waals surface area contributed by atoms with Gasteiger partial charge in [0.25, 0.3) is 0 Å². The van der Waals surface area contributed by atoms with Crippen LogP contribution in [-0.4, -0.2) is 12.6 Å². The lowest BCUT2D eigenvalue weighted by Gasteiger charge is -2.10. The molecule has 24 heavy (non-hydrogen) atoms. The Morgan fingerprint density at radius 3 is 2.75 bits per heavy atom. The molecular weight excluding hydrogens is 318 g/mol. The van der Waals surface area contributed by atoms with Crippen molar-refractivity contribution in [2.45, 2.75) is 13.3 Å². The lowest BCUT2D eigenvalue weighted by Crippen LogP contribution is -2.25. The third-order valence-electron chi connectivity index (χ3n) is 3.10. The molecule has 0 saturated heterocycles. The zero-order chi connectivity index (χ0) is 17.5. The van der Waals surface area contributed by atoms with E-state index < -0.39 is 17.7 Å². The topological polar surface area (TPSA) is 71.3 Å². The van der Waals surface area contributed by atoms with Crippen LogP contribution in [0, 0.1) is 23.0 Å². The number of nitriles is 1. The zero-order valence-electron chi connectivity index (χ0n) is 12.8. The van der Waals surface area contributed by atoms with Crippen LogP contribution in [0.25, 0.3) is 0 Å². The van der Waals surface area contributed by atoms with Gasteiger partial charge in [0.05, 0.1) is 5.56 Å². The van der Waals surface area contributed by atoms with Crippen LogP contribution in [0.3, 0.4) is 0 Å². The van der Waals surface area contributed by atoms with Crippen LogP contribution in [0.4, 0.5) is 13.6 Å². The molecule has 0 aliphatic heterocycles. The number of hydrogen-bond donors (Lipinski definition) is 1. The Balaban J connectivity index is 2.21. The molecular formula is C17H14F2N2O3. The first kappa shape index (κ1) is 17.2. The molecule has 0 aliphatic carbocycles. The van der Waals surface area contributed by atoms with E-state index in [1.165, 1.54) is 30.3 Å². The highest BCUT2D eigenvalue weighted by atomic mass is 19.1. The highest BCUT2D eigenvalue weighted by Crippen LogP contribution is 2.24. The summed E-state index contributed by atoms with van der Waals surface area (Å²) in [6, 6.07) is 9.45. The minimum Gasteiger partial charge on any atom is -0.319 e. The van der Waals surface area contributed by atoms with Crippen LogP contribution in [0.15, 0.2) is 36.4 Å². The molecule has 5 nitrogen and oxygen atoms in total. The number of amides is 1. The average molecular weight is 332 g/mol. The van der Waals surface area contributed by atoms with Gasteiger partial charge in [-0.3, -0.25) is 4.89 Å². The molecule has 0 aliphatic rings. The Labute approximate surface area is 137 Å². The lowest BCUT2D eigenvalue weighted by molar-refractivity contribution is -0.142. The largest absolute Gasteiger partial charge is 0.450 e. The summed E-state index contributed by atoms with van der Waals surface area (Å²) in [4.78, 5) is 20.8. The van der Waals surface area contributed by atoms with Crippen molar-refractivity contribution in [2.24, 2.45) is 0 Å². The summed E-state index contributed by atoms with van der Waals surface area (Å²) in [5.41, 5.74) is 0.862. The molecule has 2 aromatic rings. The highest BCUT2D eigenvalue weighted by Gasteiger charge is 2.12. The second-order valence-electron chi connectivity index (χ2n) is 4.84. The van der Waals surface area contributed by atoms with Gasteiger partial charge in [-0.2, -0.15) is 5.26 Å². The fourth-order valence-electron chi connectivity index (χ4n) is 2.01. The number of benzene rings is 2. The van der Waals surface area contributed by atoms with Crippen LogP contribution in [0.5, 0.6) is 5.75 Å². The van der Waals surface area contributed by atoms with Crippen molar-refractivity contribution in [3.05, 3.63) is 64.7 Å². The van der Waals surface area contributed by atoms with Crippen molar-refractivity contribution < 1.29 is 23.4 Å². The van der Waals surface area contributed by atoms with E-state index in [0.717, 1.165) is 6.07 Å². The predicted octanol–water partition coefficient (Wildman–Crippen LogP) is 3.47. The Kier molecular flexibility index (Phi) is 5.68. The Morgan fingerprint density at radius 1 is 1.25 bits per heavy atom. The second-order valence-corrected chi connectivity index (χ2v) is 4.84. The van der Waals surface area contributed by atoms with Crippen molar-refractivity contribution in [2.75, 3.05) is 6.54 Å². The molecule has 1 amide bonds. The average Bonchev–Trinajstić information content (AvgIpc) is 2.56. The van der Waals surface area contributed by atoms with Gasteiger partial charge in [0.1, 0.15) is 17.7 Å². The Hall–Kier alpha value is -3.14. The van der Waals surface area contributed by atoms with Gasteiger partial charge in [0.15, 0.2) is 5.75 Å². The molecule has 0 fully saturated rings. The molecule has 0 aromatic heterocycles. The normalized spacial score (nSPS) is 9.92. The van der Waals surface area contributed by atoms with Crippen molar-refractivity contribution in [1.29, 1.82) is 5.26 Å². The molecule has 2 rings (SSSR count). The number of rotatable bonds is 5. The lowest BCUT2D eigenvalue weighted by atomic mass is 10.0. The van der Waals surface area contributed by atoms with E-state index in [0.29, 0.717) is 17.7 Å². The molecule has 0 saturated carbocycles. The molecule has 0 atom stereocenters. The summed E-state index contributed by atoms with van der Waals surface area (Å²) in [5, 5.41) is 11.2. The highest BCUT2D eigenvalue weighted by molar-refractivity contribution is 5.66. The summed E-state index contributed by atoms with van der Waals surface area (Å²) >= 11 is 0. The SMILES string of the molecule is CCNC(=O)OOc1ccc(F)cc1Cc1ccc(F)c(C#N)c1. The van der Waals surface area contributed by atoms with Crippen LogP contribution in [0.2, 0.25) is 0 Å². The van der Waals surface area contributed by atoms with E-state index in [9.17, 15) is 13.6 Å². The number of nitrogens with zero attached hydrogens (tertiary/aromatic N) is 1. The first-order valence-electron chi connectivity index (χ1n) is 7.12. The van der Waals surface area contributed by atoms with E-state index in [1.807, 2.05) is 0 Å². The van der Waals surface area contributed by atoms with E-state index in [4.69, 9.17) is 10.1 Å². The van der Waals surface area contributed by atoms with E-state index in [1.54, 1.807) is 13.0 Å².